The number of aryl methyl sites for hydroxylation is 1. The Hall–Kier alpha value is -2.78. The van der Waals surface area contributed by atoms with Gasteiger partial charge in [-0.3, -0.25) is 0 Å². The van der Waals surface area contributed by atoms with Crippen LogP contribution < -0.4 is 4.74 Å². The van der Waals surface area contributed by atoms with Gasteiger partial charge in [0, 0.05) is 11.1 Å². The zero-order chi connectivity index (χ0) is 18.8. The summed E-state index contributed by atoms with van der Waals surface area (Å²) in [7, 11) is 0. The molecular weight excluding hydrogens is 407 g/mol. The minimum atomic E-state index is -0.651. The van der Waals surface area contributed by atoms with Crippen LogP contribution in [0.5, 0.6) is 11.5 Å². The number of nitrogens with zero attached hydrogens (tertiary/aromatic N) is 1. The number of halogens is 4. The maximum atomic E-state index is 14.2. The molecule has 0 N–H and O–H groups in total. The molecule has 0 bridgehead atoms. The van der Waals surface area contributed by atoms with Gasteiger partial charge >= 0.3 is 0 Å². The summed E-state index contributed by atoms with van der Waals surface area (Å²) in [5, 5.41) is 9.59. The SMILES string of the molecule is Cc1cc(Oc2ccc(F)cc2Br)c(C#N)c(-c2cc(F)ccc2F)c1. The lowest BCUT2D eigenvalue weighted by Crippen LogP contribution is -1.96. The zero-order valence-corrected chi connectivity index (χ0v) is 15.1. The summed E-state index contributed by atoms with van der Waals surface area (Å²) in [4.78, 5) is 0. The molecule has 0 spiro atoms. The summed E-state index contributed by atoms with van der Waals surface area (Å²) in [6.45, 7) is 1.74. The molecule has 0 fully saturated rings. The number of hydrogen-bond donors (Lipinski definition) is 0. The molecule has 0 aromatic heterocycles. The maximum absolute atomic E-state index is 14.2. The van der Waals surface area contributed by atoms with Crippen LogP contribution in [0.3, 0.4) is 0 Å². The fourth-order valence-electron chi connectivity index (χ4n) is 2.54. The first-order valence-corrected chi connectivity index (χ1v) is 8.31. The molecule has 0 unspecified atom stereocenters. The van der Waals surface area contributed by atoms with E-state index in [0.29, 0.717) is 15.8 Å². The minimum Gasteiger partial charge on any atom is -0.455 e. The van der Waals surface area contributed by atoms with E-state index in [0.717, 1.165) is 18.2 Å². The average molecular weight is 418 g/mol. The van der Waals surface area contributed by atoms with Gasteiger partial charge in [-0.25, -0.2) is 13.2 Å². The van der Waals surface area contributed by atoms with Crippen molar-refractivity contribution in [1.29, 1.82) is 5.26 Å². The highest BCUT2D eigenvalue weighted by Crippen LogP contribution is 2.37. The topological polar surface area (TPSA) is 33.0 Å². The smallest absolute Gasteiger partial charge is 0.146 e. The van der Waals surface area contributed by atoms with Crippen LogP contribution in [-0.2, 0) is 0 Å². The van der Waals surface area contributed by atoms with Gasteiger partial charge in [-0.1, -0.05) is 0 Å². The third kappa shape index (κ3) is 3.58. The fraction of sp³-hybridized carbons (Fsp3) is 0.0500. The Morgan fingerprint density at radius 3 is 2.27 bits per heavy atom. The highest BCUT2D eigenvalue weighted by atomic mass is 79.9. The van der Waals surface area contributed by atoms with E-state index in [1.807, 2.05) is 6.07 Å². The van der Waals surface area contributed by atoms with Gasteiger partial charge in [0.05, 0.1) is 4.47 Å². The van der Waals surface area contributed by atoms with Crippen molar-refractivity contribution in [1.82, 2.24) is 0 Å². The molecule has 0 saturated carbocycles. The van der Waals surface area contributed by atoms with Crippen LogP contribution in [-0.4, -0.2) is 0 Å². The summed E-state index contributed by atoms with van der Waals surface area (Å²) in [6, 6.07) is 12.1. The van der Waals surface area contributed by atoms with E-state index in [2.05, 4.69) is 15.9 Å². The van der Waals surface area contributed by atoms with E-state index in [-0.39, 0.29) is 22.4 Å². The van der Waals surface area contributed by atoms with Crippen LogP contribution in [0.15, 0.2) is 53.0 Å². The van der Waals surface area contributed by atoms with Crippen LogP contribution in [0, 0.1) is 35.7 Å². The Labute approximate surface area is 156 Å². The van der Waals surface area contributed by atoms with Gasteiger partial charge in [-0.05, 0) is 76.9 Å². The molecule has 0 heterocycles. The van der Waals surface area contributed by atoms with Crippen molar-refractivity contribution < 1.29 is 17.9 Å². The monoisotopic (exact) mass is 417 g/mol. The van der Waals surface area contributed by atoms with Crippen LogP contribution in [0.25, 0.3) is 11.1 Å². The summed E-state index contributed by atoms with van der Waals surface area (Å²) in [6.07, 6.45) is 0. The standard InChI is InChI=1S/C20H11BrF3NO/c1-11-6-14(15-8-12(22)2-4-18(15)24)16(10-25)20(7-11)26-19-5-3-13(23)9-17(19)21/h2-9H,1H3. The van der Waals surface area contributed by atoms with Gasteiger partial charge in [0.25, 0.3) is 0 Å². The van der Waals surface area contributed by atoms with Crippen LogP contribution in [0.1, 0.15) is 11.1 Å². The lowest BCUT2D eigenvalue weighted by molar-refractivity contribution is 0.475. The van der Waals surface area contributed by atoms with Crippen molar-refractivity contribution >= 4 is 15.9 Å². The van der Waals surface area contributed by atoms with Gasteiger partial charge in [0.2, 0.25) is 0 Å². The molecule has 0 atom stereocenters. The molecule has 0 aliphatic heterocycles. The fourth-order valence-corrected chi connectivity index (χ4v) is 2.97. The van der Waals surface area contributed by atoms with Crippen molar-refractivity contribution in [2.24, 2.45) is 0 Å². The molecule has 0 radical (unpaired) electrons. The molecule has 3 rings (SSSR count). The van der Waals surface area contributed by atoms with E-state index in [1.54, 1.807) is 19.1 Å². The third-order valence-electron chi connectivity index (χ3n) is 3.69. The van der Waals surface area contributed by atoms with Crippen LogP contribution >= 0.6 is 15.9 Å². The van der Waals surface area contributed by atoms with E-state index < -0.39 is 17.5 Å². The second kappa shape index (κ2) is 7.22. The predicted octanol–water partition coefficient (Wildman–Crippen LogP) is 6.51. The van der Waals surface area contributed by atoms with E-state index in [4.69, 9.17) is 4.74 Å². The summed E-state index contributed by atoms with van der Waals surface area (Å²) < 4.78 is 47.1. The predicted molar refractivity (Wildman–Crippen MR) is 95.4 cm³/mol. The zero-order valence-electron chi connectivity index (χ0n) is 13.5. The van der Waals surface area contributed by atoms with Crippen molar-refractivity contribution in [3.05, 3.63) is 81.6 Å². The number of benzene rings is 3. The quantitative estimate of drug-likeness (QED) is 0.486. The van der Waals surface area contributed by atoms with E-state index in [9.17, 15) is 18.4 Å². The average Bonchev–Trinajstić information content (AvgIpc) is 2.59. The van der Waals surface area contributed by atoms with E-state index >= 15 is 0 Å². The van der Waals surface area contributed by atoms with Crippen molar-refractivity contribution in [2.45, 2.75) is 6.92 Å². The minimum absolute atomic E-state index is 0.0340. The normalized spacial score (nSPS) is 10.5. The second-order valence-electron chi connectivity index (χ2n) is 5.60. The molecule has 2 nitrogen and oxygen atoms in total. The molecule has 26 heavy (non-hydrogen) atoms. The molecule has 0 aliphatic rings. The second-order valence-corrected chi connectivity index (χ2v) is 6.45. The number of hydrogen-bond acceptors (Lipinski definition) is 2. The molecule has 6 heteroatoms. The van der Waals surface area contributed by atoms with Crippen LogP contribution in [0.2, 0.25) is 0 Å². The summed E-state index contributed by atoms with van der Waals surface area (Å²) in [5.41, 5.74) is 0.929. The number of nitriles is 1. The molecule has 0 amide bonds. The molecule has 0 aliphatic carbocycles. The Balaban J connectivity index is 2.17. The van der Waals surface area contributed by atoms with Gasteiger partial charge in [-0.2, -0.15) is 5.26 Å². The molecular formula is C20H11BrF3NO. The van der Waals surface area contributed by atoms with E-state index in [1.165, 1.54) is 18.2 Å². The molecule has 3 aromatic rings. The van der Waals surface area contributed by atoms with Gasteiger partial charge in [0.15, 0.2) is 0 Å². The van der Waals surface area contributed by atoms with Gasteiger partial charge in [0.1, 0.15) is 40.6 Å². The summed E-state index contributed by atoms with van der Waals surface area (Å²) >= 11 is 3.20. The van der Waals surface area contributed by atoms with Crippen molar-refractivity contribution in [2.75, 3.05) is 0 Å². The number of ether oxygens (including phenoxy) is 1. The first kappa shape index (κ1) is 18.0. The largest absolute Gasteiger partial charge is 0.455 e. The van der Waals surface area contributed by atoms with Gasteiger partial charge < -0.3 is 4.74 Å². The first-order valence-electron chi connectivity index (χ1n) is 7.52. The summed E-state index contributed by atoms with van der Waals surface area (Å²) in [5.74, 6) is -1.26. The Morgan fingerprint density at radius 1 is 0.885 bits per heavy atom. The lowest BCUT2D eigenvalue weighted by atomic mass is 9.96. The van der Waals surface area contributed by atoms with Gasteiger partial charge in [-0.15, -0.1) is 0 Å². The third-order valence-corrected chi connectivity index (χ3v) is 4.31. The lowest BCUT2D eigenvalue weighted by Gasteiger charge is -2.14. The highest BCUT2D eigenvalue weighted by molar-refractivity contribution is 9.10. The highest BCUT2D eigenvalue weighted by Gasteiger charge is 2.17. The maximum Gasteiger partial charge on any atom is 0.146 e. The number of rotatable bonds is 3. The molecule has 3 aromatic carbocycles. The Kier molecular flexibility index (Phi) is 5.01. The first-order chi connectivity index (χ1) is 12.4. The molecule has 0 saturated heterocycles. The Morgan fingerprint density at radius 2 is 1.58 bits per heavy atom. The van der Waals surface area contributed by atoms with Crippen LogP contribution in [0.4, 0.5) is 13.2 Å². The Bertz CT molecular complexity index is 1040. The molecule has 130 valence electrons. The van der Waals surface area contributed by atoms with Crippen molar-refractivity contribution in [3.8, 4) is 28.7 Å². The van der Waals surface area contributed by atoms with Crippen molar-refractivity contribution in [3.63, 3.8) is 0 Å².